The third-order valence-electron chi connectivity index (χ3n) is 12.1. The fourth-order valence-corrected chi connectivity index (χ4v) is 7.88. The molecule has 3 saturated heterocycles. The Hall–Kier alpha value is -1.42. The highest BCUT2D eigenvalue weighted by atomic mass is 16.5. The molecule has 2 aromatic carbocycles. The Bertz CT molecular complexity index is 1030. The van der Waals surface area contributed by atoms with Crippen LogP contribution in [0.1, 0.15) is 158 Å². The van der Waals surface area contributed by atoms with Crippen molar-refractivity contribution in [2.45, 2.75) is 158 Å². The molecule has 3 aliphatic heterocycles. The van der Waals surface area contributed by atoms with Crippen LogP contribution in [0.15, 0.2) is 42.5 Å². The molecule has 288 valence electrons. The molecule has 0 spiro atoms. The predicted molar refractivity (Wildman–Crippen MR) is 223 cm³/mol. The largest absolute Gasteiger partial charge is 0.381 e. The highest BCUT2D eigenvalue weighted by Gasteiger charge is 2.19. The van der Waals surface area contributed by atoms with Gasteiger partial charge in [-0.15, -0.1) is 0 Å². The van der Waals surface area contributed by atoms with E-state index >= 15 is 0 Å². The maximum Gasteiger partial charge on any atom is 0.0468 e. The van der Waals surface area contributed by atoms with Gasteiger partial charge in [0.15, 0.2) is 0 Å². The first kappa shape index (κ1) is 44.7. The lowest BCUT2D eigenvalue weighted by Crippen LogP contribution is -2.35. The minimum atomic E-state index is 0.615. The molecule has 3 heteroatoms. The van der Waals surface area contributed by atoms with E-state index in [4.69, 9.17) is 4.74 Å². The SMILES string of the molecule is CC(C)C1CCCCC1.CC(C)C1CCN(C)CC1.CC(C)C1CCOCC1.CC(C)N1CCCCC1.CC(C)c1ccc2ccccc2c1. The molecule has 0 aromatic heterocycles. The molecule has 3 heterocycles. The van der Waals surface area contributed by atoms with Crippen molar-refractivity contribution in [2.75, 3.05) is 46.4 Å². The average molecular weight is 693 g/mol. The van der Waals surface area contributed by atoms with E-state index < -0.39 is 0 Å². The predicted octanol–water partition coefficient (Wildman–Crippen LogP) is 13.1. The standard InChI is InChI=1S/C13H14.C9H19N.C9H18.C8H17N.C8H16O/c1-10(2)12-8-7-11-5-3-4-6-13(11)9-12;1-8(2)9-4-6-10(3)7-5-9;2*1-8(2)9-6-4-3-5-7-9;1-7(2)8-3-5-9-6-4-8/h3-10H,1-2H3;8-9H,4-7H2,1-3H3;8-9H,3-7H2,1-2H3;8H,3-7H2,1-2H3;7-8H,3-6H2,1-2H3. The summed E-state index contributed by atoms with van der Waals surface area (Å²) in [5.74, 6) is 6.28. The van der Waals surface area contributed by atoms with Crippen LogP contribution in [0.4, 0.5) is 0 Å². The summed E-state index contributed by atoms with van der Waals surface area (Å²) in [5, 5.41) is 2.67. The molecule has 0 N–H and O–H groups in total. The molecule has 1 aliphatic carbocycles. The van der Waals surface area contributed by atoms with Crippen molar-refractivity contribution in [3.8, 4) is 0 Å². The third-order valence-corrected chi connectivity index (χ3v) is 12.1. The highest BCUT2D eigenvalue weighted by Crippen LogP contribution is 2.29. The van der Waals surface area contributed by atoms with Gasteiger partial charge in [-0.25, -0.2) is 0 Å². The highest BCUT2D eigenvalue weighted by molar-refractivity contribution is 5.83. The topological polar surface area (TPSA) is 15.7 Å². The lowest BCUT2D eigenvalue weighted by molar-refractivity contribution is 0.0523. The van der Waals surface area contributed by atoms with E-state index in [1.54, 1.807) is 0 Å². The van der Waals surface area contributed by atoms with Crippen molar-refractivity contribution in [3.05, 3.63) is 48.0 Å². The second kappa shape index (κ2) is 25.5. The van der Waals surface area contributed by atoms with Crippen molar-refractivity contribution >= 4 is 10.8 Å². The Morgan fingerprint density at radius 2 is 1.00 bits per heavy atom. The minimum absolute atomic E-state index is 0.615. The first-order valence-corrected chi connectivity index (χ1v) is 21.4. The number of nitrogens with zero attached hydrogens (tertiary/aromatic N) is 2. The first-order chi connectivity index (χ1) is 23.9. The molecular weight excluding hydrogens is 609 g/mol. The van der Waals surface area contributed by atoms with Crippen LogP contribution in [0.2, 0.25) is 0 Å². The van der Waals surface area contributed by atoms with Gasteiger partial charge in [-0.3, -0.25) is 0 Å². The molecule has 0 amide bonds. The molecule has 4 fully saturated rings. The quantitative estimate of drug-likeness (QED) is 0.310. The van der Waals surface area contributed by atoms with Gasteiger partial charge in [0.05, 0.1) is 0 Å². The summed E-state index contributed by atoms with van der Waals surface area (Å²) < 4.78 is 5.25. The zero-order chi connectivity index (χ0) is 36.9. The zero-order valence-corrected chi connectivity index (χ0v) is 35.2. The van der Waals surface area contributed by atoms with Crippen LogP contribution in [0.5, 0.6) is 0 Å². The average Bonchev–Trinajstić information content (AvgIpc) is 3.13. The Morgan fingerprint density at radius 1 is 0.520 bits per heavy atom. The smallest absolute Gasteiger partial charge is 0.0468 e. The fraction of sp³-hybridized carbons (Fsp3) is 0.787. The number of hydrogen-bond acceptors (Lipinski definition) is 3. The van der Waals surface area contributed by atoms with Crippen LogP contribution in [0.25, 0.3) is 10.8 Å². The van der Waals surface area contributed by atoms with Crippen LogP contribution in [-0.4, -0.2) is 62.3 Å². The lowest BCUT2D eigenvalue weighted by atomic mass is 9.82. The number of ether oxygens (including phenoxy) is 1. The second-order valence-corrected chi connectivity index (χ2v) is 17.7. The summed E-state index contributed by atoms with van der Waals surface area (Å²) in [6.45, 7) is 30.3. The Kier molecular flexibility index (Phi) is 22.9. The molecule has 3 nitrogen and oxygen atoms in total. The van der Waals surface area contributed by atoms with Crippen LogP contribution in [-0.2, 0) is 4.74 Å². The van der Waals surface area contributed by atoms with Crippen LogP contribution < -0.4 is 0 Å². The maximum atomic E-state index is 5.25. The van der Waals surface area contributed by atoms with Crippen LogP contribution >= 0.6 is 0 Å². The molecule has 4 aliphatic rings. The summed E-state index contributed by atoms with van der Waals surface area (Å²) in [5.41, 5.74) is 1.42. The summed E-state index contributed by atoms with van der Waals surface area (Å²) in [6, 6.07) is 16.0. The summed E-state index contributed by atoms with van der Waals surface area (Å²) >= 11 is 0. The minimum Gasteiger partial charge on any atom is -0.381 e. The Morgan fingerprint density at radius 3 is 1.44 bits per heavy atom. The zero-order valence-electron chi connectivity index (χ0n) is 35.2. The monoisotopic (exact) mass is 693 g/mol. The second-order valence-electron chi connectivity index (χ2n) is 17.7. The van der Waals surface area contributed by atoms with Gasteiger partial charge in [-0.05, 0) is 143 Å². The van der Waals surface area contributed by atoms with Gasteiger partial charge in [0.2, 0.25) is 0 Å². The molecule has 50 heavy (non-hydrogen) atoms. The van der Waals surface area contributed by atoms with Gasteiger partial charge in [-0.1, -0.05) is 136 Å². The van der Waals surface area contributed by atoms with Crippen molar-refractivity contribution in [1.82, 2.24) is 9.80 Å². The number of benzene rings is 2. The van der Waals surface area contributed by atoms with Gasteiger partial charge < -0.3 is 14.5 Å². The Labute approximate surface area is 312 Å². The van der Waals surface area contributed by atoms with Crippen LogP contribution in [0, 0.1) is 35.5 Å². The van der Waals surface area contributed by atoms with Gasteiger partial charge in [0.25, 0.3) is 0 Å². The van der Waals surface area contributed by atoms with Crippen LogP contribution in [0.3, 0.4) is 0 Å². The molecule has 6 rings (SSSR count). The maximum absolute atomic E-state index is 5.25. The van der Waals surface area contributed by atoms with Crippen molar-refractivity contribution in [2.24, 2.45) is 35.5 Å². The fourth-order valence-electron chi connectivity index (χ4n) is 7.88. The van der Waals surface area contributed by atoms with E-state index in [9.17, 15) is 0 Å². The summed E-state index contributed by atoms with van der Waals surface area (Å²) in [4.78, 5) is 4.99. The van der Waals surface area contributed by atoms with E-state index in [-0.39, 0.29) is 0 Å². The number of fused-ring (bicyclic) bond motifs is 1. The van der Waals surface area contributed by atoms with Gasteiger partial charge in [0, 0.05) is 19.3 Å². The molecular formula is C47H84N2O. The third kappa shape index (κ3) is 18.4. The van der Waals surface area contributed by atoms with E-state index in [1.807, 2.05) is 0 Å². The number of hydrogen-bond donors (Lipinski definition) is 0. The molecule has 2 aromatic rings. The normalized spacial score (nSPS) is 20.1. The molecule has 0 atom stereocenters. The molecule has 0 bridgehead atoms. The number of rotatable bonds is 5. The van der Waals surface area contributed by atoms with E-state index in [0.29, 0.717) is 5.92 Å². The summed E-state index contributed by atoms with van der Waals surface area (Å²) in [7, 11) is 2.22. The first-order valence-electron chi connectivity index (χ1n) is 21.4. The van der Waals surface area contributed by atoms with E-state index in [2.05, 4.69) is 129 Å². The van der Waals surface area contributed by atoms with E-state index in [1.165, 1.54) is 120 Å². The lowest BCUT2D eigenvalue weighted by Gasteiger charge is -2.31. The van der Waals surface area contributed by atoms with Crippen molar-refractivity contribution in [1.29, 1.82) is 0 Å². The number of piperidine rings is 2. The molecule has 0 radical (unpaired) electrons. The molecule has 0 unspecified atom stereocenters. The Balaban J connectivity index is 0.000000219. The van der Waals surface area contributed by atoms with Gasteiger partial charge >= 0.3 is 0 Å². The summed E-state index contributed by atoms with van der Waals surface area (Å²) in [6.07, 6.45) is 17.1. The van der Waals surface area contributed by atoms with Gasteiger partial charge in [0.1, 0.15) is 0 Å². The van der Waals surface area contributed by atoms with Gasteiger partial charge in [-0.2, -0.15) is 0 Å². The molecule has 1 saturated carbocycles. The number of likely N-dealkylation sites (tertiary alicyclic amines) is 2. The van der Waals surface area contributed by atoms with E-state index in [0.717, 1.165) is 54.8 Å². The van der Waals surface area contributed by atoms with Crippen molar-refractivity contribution in [3.63, 3.8) is 0 Å². The van der Waals surface area contributed by atoms with Crippen molar-refractivity contribution < 1.29 is 4.74 Å².